The Morgan fingerprint density at radius 1 is 1.10 bits per heavy atom. The molecule has 1 aliphatic carbocycles. The molecule has 6 heteroatoms. The van der Waals surface area contributed by atoms with Crippen molar-refractivity contribution < 1.29 is 14.3 Å². The summed E-state index contributed by atoms with van der Waals surface area (Å²) < 4.78 is 5.30. The van der Waals surface area contributed by atoms with Gasteiger partial charge in [0.1, 0.15) is 6.61 Å². The number of carbonyl (C=O) groups excluding carboxylic acids is 2. The molecule has 150 valence electrons. The first-order chi connectivity index (χ1) is 14.1. The number of fused-ring (bicyclic) bond motifs is 1. The molecule has 1 saturated carbocycles. The first-order valence-corrected chi connectivity index (χ1v) is 10.1. The Morgan fingerprint density at radius 2 is 1.79 bits per heavy atom. The smallest absolute Gasteiger partial charge is 0.409 e. The predicted molar refractivity (Wildman–Crippen MR) is 112 cm³/mol. The van der Waals surface area contributed by atoms with Gasteiger partial charge in [-0.2, -0.15) is 0 Å². The fraction of sp³-hybridized carbons (Fsp3) is 0.348. The van der Waals surface area contributed by atoms with Crippen molar-refractivity contribution in [3.05, 3.63) is 65.7 Å². The number of carbonyl (C=O) groups is 2. The minimum Gasteiger partial charge on any atom is -0.445 e. The second-order valence-corrected chi connectivity index (χ2v) is 7.52. The highest BCUT2D eigenvalue weighted by Gasteiger charge is 2.34. The Bertz CT molecular complexity index is 920. The molecule has 2 amide bonds. The summed E-state index contributed by atoms with van der Waals surface area (Å²) >= 11 is 0. The fourth-order valence-corrected chi connectivity index (χ4v) is 4.04. The van der Waals surface area contributed by atoms with Gasteiger partial charge in [0.25, 0.3) is 5.91 Å². The third kappa shape index (κ3) is 4.16. The first kappa shape index (κ1) is 19.2. The molecule has 1 fully saturated rings. The molecule has 1 atom stereocenters. The van der Waals surface area contributed by atoms with Crippen LogP contribution in [-0.2, 0) is 16.1 Å². The second-order valence-electron chi connectivity index (χ2n) is 7.52. The molecule has 2 aliphatic rings. The van der Waals surface area contributed by atoms with Crippen molar-refractivity contribution in [1.82, 2.24) is 5.32 Å². The lowest BCUT2D eigenvalue weighted by atomic mass is 9.94. The van der Waals surface area contributed by atoms with Gasteiger partial charge in [-0.05, 0) is 24.5 Å². The molecule has 0 spiro atoms. The van der Waals surface area contributed by atoms with Crippen LogP contribution in [0, 0.1) is 5.92 Å². The highest BCUT2D eigenvalue weighted by Crippen LogP contribution is 2.34. The lowest BCUT2D eigenvalue weighted by Gasteiger charge is -2.20. The number of aliphatic imine (C=N–C) groups is 1. The van der Waals surface area contributed by atoms with Crippen LogP contribution in [-0.4, -0.2) is 30.9 Å². The van der Waals surface area contributed by atoms with E-state index < -0.39 is 12.3 Å². The maximum Gasteiger partial charge on any atom is 0.409 e. The predicted octanol–water partition coefficient (Wildman–Crippen LogP) is 3.89. The van der Waals surface area contributed by atoms with Gasteiger partial charge >= 0.3 is 6.09 Å². The van der Waals surface area contributed by atoms with E-state index >= 15 is 0 Å². The summed E-state index contributed by atoms with van der Waals surface area (Å²) in [5, 5.41) is 2.66. The molecule has 2 aromatic rings. The summed E-state index contributed by atoms with van der Waals surface area (Å²) in [6, 6.07) is 17.2. The largest absolute Gasteiger partial charge is 0.445 e. The molecule has 4 rings (SSSR count). The van der Waals surface area contributed by atoms with Crippen LogP contribution in [0.5, 0.6) is 0 Å². The maximum atomic E-state index is 13.0. The van der Waals surface area contributed by atoms with Crippen molar-refractivity contribution >= 4 is 23.4 Å². The third-order valence-electron chi connectivity index (χ3n) is 5.58. The normalized spacial score (nSPS) is 19.3. The van der Waals surface area contributed by atoms with Gasteiger partial charge in [-0.15, -0.1) is 0 Å². The topological polar surface area (TPSA) is 71.0 Å². The minimum absolute atomic E-state index is 0.142. The molecule has 1 heterocycles. The van der Waals surface area contributed by atoms with E-state index in [0.29, 0.717) is 5.92 Å². The summed E-state index contributed by atoms with van der Waals surface area (Å²) in [7, 11) is 1.72. The average Bonchev–Trinajstić information content (AvgIpc) is 3.26. The molecule has 0 bridgehead atoms. The van der Waals surface area contributed by atoms with Gasteiger partial charge in [-0.25, -0.2) is 4.79 Å². The van der Waals surface area contributed by atoms with Crippen molar-refractivity contribution in [2.45, 2.75) is 38.5 Å². The van der Waals surface area contributed by atoms with E-state index in [-0.39, 0.29) is 12.5 Å². The zero-order valence-electron chi connectivity index (χ0n) is 16.5. The Hall–Kier alpha value is -3.15. The molecule has 0 radical (unpaired) electrons. The third-order valence-corrected chi connectivity index (χ3v) is 5.58. The Kier molecular flexibility index (Phi) is 5.60. The van der Waals surface area contributed by atoms with E-state index in [0.717, 1.165) is 48.2 Å². The number of alkyl carbamates (subject to hydrolysis) is 1. The van der Waals surface area contributed by atoms with Crippen LogP contribution in [0.4, 0.5) is 10.5 Å². The Labute approximate surface area is 170 Å². The zero-order valence-corrected chi connectivity index (χ0v) is 16.5. The molecule has 6 nitrogen and oxygen atoms in total. The van der Waals surface area contributed by atoms with Crippen molar-refractivity contribution in [2.24, 2.45) is 10.9 Å². The number of benzene rings is 2. The summed E-state index contributed by atoms with van der Waals surface area (Å²) in [6.45, 7) is 0.142. The molecule has 0 unspecified atom stereocenters. The molecule has 2 aromatic carbocycles. The average molecular weight is 391 g/mol. The number of likely N-dealkylation sites (N-methyl/N-ethyl adjacent to an activating group) is 1. The molecule has 1 N–H and O–H groups in total. The number of rotatable bonds is 4. The van der Waals surface area contributed by atoms with E-state index in [1.165, 1.54) is 0 Å². The lowest BCUT2D eigenvalue weighted by molar-refractivity contribution is -0.120. The number of nitrogens with zero attached hydrogens (tertiary/aromatic N) is 2. The number of para-hydroxylation sites is 1. The van der Waals surface area contributed by atoms with Gasteiger partial charge in [0.05, 0.1) is 11.4 Å². The van der Waals surface area contributed by atoms with Crippen molar-refractivity contribution in [3.8, 4) is 0 Å². The van der Waals surface area contributed by atoms with E-state index in [2.05, 4.69) is 5.32 Å². The monoisotopic (exact) mass is 391 g/mol. The van der Waals surface area contributed by atoms with E-state index in [1.807, 2.05) is 54.6 Å². The summed E-state index contributed by atoms with van der Waals surface area (Å²) in [4.78, 5) is 31.7. The fourth-order valence-electron chi connectivity index (χ4n) is 4.04. The summed E-state index contributed by atoms with van der Waals surface area (Å²) in [5.41, 5.74) is 3.58. The van der Waals surface area contributed by atoms with Gasteiger partial charge in [-0.3, -0.25) is 15.1 Å². The number of benzodiazepines with no additional fused rings is 1. The quantitative estimate of drug-likeness (QED) is 0.859. The number of ether oxygens (including phenoxy) is 1. The van der Waals surface area contributed by atoms with Crippen LogP contribution in [0.25, 0.3) is 0 Å². The first-order valence-electron chi connectivity index (χ1n) is 10.1. The van der Waals surface area contributed by atoms with Crippen LogP contribution in [0.2, 0.25) is 0 Å². The molecule has 29 heavy (non-hydrogen) atoms. The molecular formula is C23H25N3O3. The van der Waals surface area contributed by atoms with Gasteiger partial charge in [0, 0.05) is 18.5 Å². The van der Waals surface area contributed by atoms with E-state index in [4.69, 9.17) is 9.73 Å². The van der Waals surface area contributed by atoms with Gasteiger partial charge in [0.2, 0.25) is 6.17 Å². The van der Waals surface area contributed by atoms with Crippen molar-refractivity contribution in [3.63, 3.8) is 0 Å². The molecule has 0 aromatic heterocycles. The zero-order chi connectivity index (χ0) is 20.2. The number of hydrogen-bond donors (Lipinski definition) is 1. The molecule has 0 saturated heterocycles. The van der Waals surface area contributed by atoms with E-state index in [9.17, 15) is 9.59 Å². The molecule has 1 aliphatic heterocycles. The number of anilines is 1. The summed E-state index contributed by atoms with van der Waals surface area (Å²) in [6.07, 6.45) is 2.78. The highest BCUT2D eigenvalue weighted by molar-refractivity contribution is 6.13. The summed E-state index contributed by atoms with van der Waals surface area (Å²) in [5.74, 6) is 0.0298. The van der Waals surface area contributed by atoms with Crippen LogP contribution in [0.3, 0.4) is 0 Å². The van der Waals surface area contributed by atoms with Crippen LogP contribution >= 0.6 is 0 Å². The van der Waals surface area contributed by atoms with Gasteiger partial charge < -0.3 is 9.64 Å². The molecular weight excluding hydrogens is 366 g/mol. The van der Waals surface area contributed by atoms with Gasteiger partial charge in [0.15, 0.2) is 0 Å². The van der Waals surface area contributed by atoms with Crippen LogP contribution in [0.15, 0.2) is 59.6 Å². The second kappa shape index (κ2) is 8.47. The van der Waals surface area contributed by atoms with Crippen LogP contribution in [0.1, 0.15) is 36.8 Å². The van der Waals surface area contributed by atoms with Crippen LogP contribution < -0.4 is 10.2 Å². The lowest BCUT2D eigenvalue weighted by Crippen LogP contribution is -2.46. The van der Waals surface area contributed by atoms with Crippen molar-refractivity contribution in [2.75, 3.05) is 11.9 Å². The minimum atomic E-state index is -0.994. The number of amides is 2. The maximum absolute atomic E-state index is 13.0. The SMILES string of the molecule is CN1C(=O)[C@H](NC(=O)OCc2ccccc2)N=C(C2CCCC2)c2ccccc21. The Balaban J connectivity index is 1.56. The van der Waals surface area contributed by atoms with Gasteiger partial charge in [-0.1, -0.05) is 61.4 Å². The number of nitrogens with one attached hydrogen (secondary N) is 1. The van der Waals surface area contributed by atoms with Crippen molar-refractivity contribution in [1.29, 1.82) is 0 Å². The number of hydrogen-bond acceptors (Lipinski definition) is 4. The highest BCUT2D eigenvalue weighted by atomic mass is 16.5. The standard InChI is InChI=1S/C23H25N3O3/c1-26-19-14-8-7-13-18(19)20(17-11-5-6-12-17)24-21(22(26)27)25-23(28)29-15-16-9-3-2-4-10-16/h2-4,7-10,13-14,17,21H,5-6,11-12,15H2,1H3,(H,25,28)/t21-/m0/s1. The van der Waals surface area contributed by atoms with E-state index in [1.54, 1.807) is 11.9 Å². The Morgan fingerprint density at radius 3 is 2.55 bits per heavy atom.